The first-order valence-electron chi connectivity index (χ1n) is 5.38. The largest absolute Gasteiger partial charge is 0.305 e. The van der Waals surface area contributed by atoms with E-state index in [0.717, 1.165) is 0 Å². The van der Waals surface area contributed by atoms with Crippen molar-refractivity contribution in [1.82, 2.24) is 5.32 Å². The molecular weight excluding hydrogens is 158 g/mol. The summed E-state index contributed by atoms with van der Waals surface area (Å²) < 4.78 is 0. The highest BCUT2D eigenvalue weighted by atomic mass is 14.9. The first-order valence-corrected chi connectivity index (χ1v) is 5.38. The van der Waals surface area contributed by atoms with Crippen LogP contribution in [0.4, 0.5) is 0 Å². The zero-order valence-electron chi connectivity index (χ0n) is 8.63. The van der Waals surface area contributed by atoms with Gasteiger partial charge in [-0.3, -0.25) is 0 Å². The Morgan fingerprint density at radius 2 is 2.31 bits per heavy atom. The monoisotopic (exact) mass is 179 g/mol. The number of nitrogens with one attached hydrogen (secondary N) is 1. The summed E-state index contributed by atoms with van der Waals surface area (Å²) in [6.07, 6.45) is 13.2. The van der Waals surface area contributed by atoms with Crippen molar-refractivity contribution in [2.24, 2.45) is 0 Å². The van der Waals surface area contributed by atoms with E-state index in [1.54, 1.807) is 0 Å². The molecule has 0 aromatic carbocycles. The van der Waals surface area contributed by atoms with E-state index in [-0.39, 0.29) is 0 Å². The summed E-state index contributed by atoms with van der Waals surface area (Å²) in [4.78, 5) is 0. The molecule has 74 valence electrons. The van der Waals surface area contributed by atoms with Crippen LogP contribution in [0.2, 0.25) is 0 Å². The van der Waals surface area contributed by atoms with Crippen molar-refractivity contribution in [3.63, 3.8) is 0 Å². The molecule has 1 nitrogen and oxygen atoms in total. The SMILES string of the molecule is C=CC(C)NC1/C=C\CCCCC1. The Hall–Kier alpha value is -0.560. The van der Waals surface area contributed by atoms with E-state index in [4.69, 9.17) is 0 Å². The molecule has 2 unspecified atom stereocenters. The lowest BCUT2D eigenvalue weighted by molar-refractivity contribution is 0.488. The molecule has 1 rings (SSSR count). The molecule has 0 aromatic rings. The zero-order valence-corrected chi connectivity index (χ0v) is 8.63. The molecule has 0 fully saturated rings. The highest BCUT2D eigenvalue weighted by Crippen LogP contribution is 2.12. The minimum absolute atomic E-state index is 0.425. The third-order valence-electron chi connectivity index (χ3n) is 2.58. The minimum atomic E-state index is 0.425. The van der Waals surface area contributed by atoms with Crippen LogP contribution in [0.1, 0.15) is 39.0 Å². The molecule has 0 heterocycles. The van der Waals surface area contributed by atoms with Gasteiger partial charge in [-0.05, 0) is 26.2 Å². The molecule has 0 bridgehead atoms. The van der Waals surface area contributed by atoms with E-state index in [0.29, 0.717) is 12.1 Å². The van der Waals surface area contributed by atoms with Crippen LogP contribution in [0.3, 0.4) is 0 Å². The zero-order chi connectivity index (χ0) is 9.52. The summed E-state index contributed by atoms with van der Waals surface area (Å²) in [6.45, 7) is 5.93. The molecule has 0 aromatic heterocycles. The third kappa shape index (κ3) is 4.28. The standard InChI is InChI=1S/C12H21N/c1-3-11(2)13-12-9-7-5-4-6-8-10-12/h3,7,9,11-13H,1,4-6,8,10H2,2H3/b9-7-. The lowest BCUT2D eigenvalue weighted by Crippen LogP contribution is -2.34. The quantitative estimate of drug-likeness (QED) is 0.657. The van der Waals surface area contributed by atoms with Crippen molar-refractivity contribution in [1.29, 1.82) is 0 Å². The summed E-state index contributed by atoms with van der Waals surface area (Å²) in [7, 11) is 0. The van der Waals surface area contributed by atoms with E-state index < -0.39 is 0 Å². The minimum Gasteiger partial charge on any atom is -0.305 e. The van der Waals surface area contributed by atoms with Crippen molar-refractivity contribution in [3.05, 3.63) is 24.8 Å². The molecule has 0 radical (unpaired) electrons. The summed E-state index contributed by atoms with van der Waals surface area (Å²) >= 11 is 0. The van der Waals surface area contributed by atoms with Gasteiger partial charge in [0.25, 0.3) is 0 Å². The van der Waals surface area contributed by atoms with Gasteiger partial charge in [0.15, 0.2) is 0 Å². The maximum Gasteiger partial charge on any atom is 0.0255 e. The molecule has 0 amide bonds. The number of hydrogen-bond donors (Lipinski definition) is 1. The lowest BCUT2D eigenvalue weighted by Gasteiger charge is -2.19. The lowest BCUT2D eigenvalue weighted by atomic mass is 10.0. The van der Waals surface area contributed by atoms with Crippen LogP contribution in [-0.4, -0.2) is 12.1 Å². The Morgan fingerprint density at radius 3 is 3.08 bits per heavy atom. The average Bonchev–Trinajstić information content (AvgIpc) is 2.09. The first-order chi connectivity index (χ1) is 6.33. The second-order valence-corrected chi connectivity index (χ2v) is 3.86. The molecule has 1 aliphatic rings. The predicted molar refractivity (Wildman–Crippen MR) is 58.8 cm³/mol. The van der Waals surface area contributed by atoms with Crippen LogP contribution >= 0.6 is 0 Å². The summed E-state index contributed by atoms with van der Waals surface area (Å²) in [5, 5.41) is 3.53. The fraction of sp³-hybridized carbons (Fsp3) is 0.667. The molecule has 2 atom stereocenters. The van der Waals surface area contributed by atoms with Crippen LogP contribution in [-0.2, 0) is 0 Å². The molecule has 1 N–H and O–H groups in total. The van der Waals surface area contributed by atoms with Gasteiger partial charge >= 0.3 is 0 Å². The highest BCUT2D eigenvalue weighted by molar-refractivity contribution is 4.97. The van der Waals surface area contributed by atoms with Gasteiger partial charge in [0.2, 0.25) is 0 Å². The molecule has 13 heavy (non-hydrogen) atoms. The van der Waals surface area contributed by atoms with E-state index >= 15 is 0 Å². The summed E-state index contributed by atoms with van der Waals surface area (Å²) in [5.74, 6) is 0. The second kappa shape index (κ2) is 5.98. The van der Waals surface area contributed by atoms with Gasteiger partial charge in [0.1, 0.15) is 0 Å². The molecule has 0 aliphatic heterocycles. The molecule has 1 heteroatoms. The molecule has 0 spiro atoms. The number of hydrogen-bond acceptors (Lipinski definition) is 1. The smallest absolute Gasteiger partial charge is 0.0255 e. The summed E-state index contributed by atoms with van der Waals surface area (Å²) in [5.41, 5.74) is 0. The van der Waals surface area contributed by atoms with E-state index in [1.807, 2.05) is 6.08 Å². The van der Waals surface area contributed by atoms with Gasteiger partial charge in [0.05, 0.1) is 0 Å². The maximum atomic E-state index is 3.78. The summed E-state index contributed by atoms with van der Waals surface area (Å²) in [6, 6.07) is 0.988. The van der Waals surface area contributed by atoms with Crippen LogP contribution < -0.4 is 5.32 Å². The topological polar surface area (TPSA) is 12.0 Å². The van der Waals surface area contributed by atoms with E-state index in [2.05, 4.69) is 31.0 Å². The van der Waals surface area contributed by atoms with Gasteiger partial charge in [-0.15, -0.1) is 6.58 Å². The van der Waals surface area contributed by atoms with Crippen molar-refractivity contribution in [2.45, 2.75) is 51.1 Å². The Balaban J connectivity index is 2.36. The van der Waals surface area contributed by atoms with Gasteiger partial charge in [0, 0.05) is 12.1 Å². The first kappa shape index (κ1) is 10.5. The Morgan fingerprint density at radius 1 is 1.46 bits per heavy atom. The van der Waals surface area contributed by atoms with Crippen molar-refractivity contribution in [2.75, 3.05) is 0 Å². The van der Waals surface area contributed by atoms with E-state index in [9.17, 15) is 0 Å². The fourth-order valence-electron chi connectivity index (χ4n) is 1.70. The van der Waals surface area contributed by atoms with Gasteiger partial charge in [-0.2, -0.15) is 0 Å². The molecule has 0 saturated heterocycles. The highest BCUT2D eigenvalue weighted by Gasteiger charge is 2.07. The maximum absolute atomic E-state index is 3.78. The average molecular weight is 179 g/mol. The number of allylic oxidation sites excluding steroid dienone is 1. The Bertz CT molecular complexity index is 172. The molecule has 1 aliphatic carbocycles. The van der Waals surface area contributed by atoms with Crippen molar-refractivity contribution < 1.29 is 0 Å². The van der Waals surface area contributed by atoms with E-state index in [1.165, 1.54) is 32.1 Å². The van der Waals surface area contributed by atoms with Crippen molar-refractivity contribution in [3.8, 4) is 0 Å². The Kier molecular flexibility index (Phi) is 4.84. The number of rotatable bonds is 3. The van der Waals surface area contributed by atoms with Gasteiger partial charge in [-0.1, -0.05) is 31.1 Å². The van der Waals surface area contributed by atoms with Crippen LogP contribution in [0, 0.1) is 0 Å². The Labute approximate surface area is 81.9 Å². The third-order valence-corrected chi connectivity index (χ3v) is 2.58. The second-order valence-electron chi connectivity index (χ2n) is 3.86. The van der Waals surface area contributed by atoms with Crippen LogP contribution in [0.15, 0.2) is 24.8 Å². The normalized spacial score (nSPS) is 28.5. The van der Waals surface area contributed by atoms with Crippen LogP contribution in [0.5, 0.6) is 0 Å². The van der Waals surface area contributed by atoms with Gasteiger partial charge < -0.3 is 5.32 Å². The molecular formula is C12H21N. The van der Waals surface area contributed by atoms with Crippen LogP contribution in [0.25, 0.3) is 0 Å². The fourth-order valence-corrected chi connectivity index (χ4v) is 1.70. The van der Waals surface area contributed by atoms with Crippen molar-refractivity contribution >= 4 is 0 Å². The molecule has 0 saturated carbocycles. The predicted octanol–water partition coefficient (Wildman–Crippen LogP) is 3.04. The van der Waals surface area contributed by atoms with Gasteiger partial charge in [-0.25, -0.2) is 0 Å².